The number of carboxylic acids is 1. The van der Waals surface area contributed by atoms with Crippen molar-refractivity contribution in [2.24, 2.45) is 5.92 Å². The largest absolute Gasteiger partial charge is 0.481 e. The average molecular weight is 282 g/mol. The molecule has 19 heavy (non-hydrogen) atoms. The van der Waals surface area contributed by atoms with Gasteiger partial charge in [-0.1, -0.05) is 0 Å². The molecule has 1 aliphatic rings. The van der Waals surface area contributed by atoms with Crippen molar-refractivity contribution in [3.8, 4) is 0 Å². The van der Waals surface area contributed by atoms with E-state index in [-0.39, 0.29) is 18.4 Å². The molecule has 104 valence electrons. The van der Waals surface area contributed by atoms with Gasteiger partial charge < -0.3 is 15.3 Å². The second-order valence-electron chi connectivity index (χ2n) is 4.98. The lowest BCUT2D eigenvalue weighted by atomic mass is 9.97. The minimum absolute atomic E-state index is 0.106. The van der Waals surface area contributed by atoms with Crippen molar-refractivity contribution < 1.29 is 14.7 Å². The summed E-state index contributed by atoms with van der Waals surface area (Å²) in [7, 11) is 0. The van der Waals surface area contributed by atoms with Crippen LogP contribution in [-0.2, 0) is 11.3 Å². The third-order valence-electron chi connectivity index (χ3n) is 3.34. The van der Waals surface area contributed by atoms with Crippen LogP contribution in [0.5, 0.6) is 0 Å². The van der Waals surface area contributed by atoms with Crippen LogP contribution in [-0.4, -0.2) is 35.1 Å². The van der Waals surface area contributed by atoms with E-state index in [4.69, 9.17) is 5.11 Å². The van der Waals surface area contributed by atoms with E-state index in [0.717, 1.165) is 4.88 Å². The van der Waals surface area contributed by atoms with Crippen LogP contribution < -0.4 is 5.32 Å². The number of likely N-dealkylation sites (tertiary alicyclic amines) is 1. The molecule has 5 nitrogen and oxygen atoms in total. The first-order chi connectivity index (χ1) is 8.95. The van der Waals surface area contributed by atoms with Crippen molar-refractivity contribution in [2.45, 2.75) is 26.8 Å². The Labute approximate surface area is 116 Å². The first-order valence-electron chi connectivity index (χ1n) is 6.26. The maximum absolute atomic E-state index is 11.8. The number of nitrogens with one attached hydrogen (secondary N) is 1. The molecule has 2 amide bonds. The van der Waals surface area contributed by atoms with Crippen LogP contribution in [0, 0.1) is 19.8 Å². The van der Waals surface area contributed by atoms with Gasteiger partial charge in [0.15, 0.2) is 0 Å². The third kappa shape index (κ3) is 3.47. The summed E-state index contributed by atoms with van der Waals surface area (Å²) in [6, 6.07) is 1.98. The number of aryl methyl sites for hydroxylation is 2. The van der Waals surface area contributed by atoms with Gasteiger partial charge in [-0.05, 0) is 25.5 Å². The summed E-state index contributed by atoms with van der Waals surface area (Å²) in [5.41, 5.74) is 1.25. The Hall–Kier alpha value is -1.56. The predicted molar refractivity (Wildman–Crippen MR) is 73.3 cm³/mol. The summed E-state index contributed by atoms with van der Waals surface area (Å²) < 4.78 is 0. The monoisotopic (exact) mass is 282 g/mol. The Morgan fingerprint density at radius 2 is 2.16 bits per heavy atom. The molecule has 0 saturated carbocycles. The second-order valence-corrected chi connectivity index (χ2v) is 6.32. The van der Waals surface area contributed by atoms with Gasteiger partial charge in [0, 0.05) is 28.8 Å². The highest BCUT2D eigenvalue weighted by molar-refractivity contribution is 7.12. The van der Waals surface area contributed by atoms with E-state index in [9.17, 15) is 9.59 Å². The van der Waals surface area contributed by atoms with Crippen LogP contribution in [0.4, 0.5) is 4.79 Å². The number of amides is 2. The molecule has 1 aromatic rings. The number of nitrogens with zero attached hydrogens (tertiary/aromatic N) is 1. The Balaban J connectivity index is 1.73. The highest BCUT2D eigenvalue weighted by Crippen LogP contribution is 2.21. The molecule has 2 rings (SSSR count). The van der Waals surface area contributed by atoms with Gasteiger partial charge in [0.2, 0.25) is 0 Å². The summed E-state index contributed by atoms with van der Waals surface area (Å²) >= 11 is 1.69. The van der Waals surface area contributed by atoms with E-state index in [0.29, 0.717) is 19.6 Å². The number of carbonyl (C=O) groups is 2. The Morgan fingerprint density at radius 3 is 2.68 bits per heavy atom. The van der Waals surface area contributed by atoms with Gasteiger partial charge in [0.25, 0.3) is 0 Å². The standard InChI is InChI=1S/C13H18N2O3S/c1-8-3-11(19-9(8)2)5-14-13(18)15-6-10(7-15)4-12(16)17/h3,10H,4-7H2,1-2H3,(H,14,18)(H,16,17). The molecule has 1 saturated heterocycles. The van der Waals surface area contributed by atoms with Crippen molar-refractivity contribution in [1.82, 2.24) is 10.2 Å². The van der Waals surface area contributed by atoms with E-state index in [1.807, 2.05) is 0 Å². The maximum atomic E-state index is 11.8. The molecular weight excluding hydrogens is 264 g/mol. The van der Waals surface area contributed by atoms with Gasteiger partial charge in [0.05, 0.1) is 13.0 Å². The Kier molecular flexibility index (Phi) is 4.09. The Bertz CT molecular complexity index is 473. The van der Waals surface area contributed by atoms with Crippen LogP contribution in [0.15, 0.2) is 6.07 Å². The predicted octanol–water partition coefficient (Wildman–Crippen LogP) is 1.98. The second kappa shape index (κ2) is 5.61. The van der Waals surface area contributed by atoms with Crippen molar-refractivity contribution >= 4 is 23.3 Å². The van der Waals surface area contributed by atoms with E-state index in [1.165, 1.54) is 10.4 Å². The summed E-state index contributed by atoms with van der Waals surface area (Å²) in [4.78, 5) is 26.4. The van der Waals surface area contributed by atoms with Gasteiger partial charge in [-0.3, -0.25) is 4.79 Å². The number of hydrogen-bond acceptors (Lipinski definition) is 3. The number of hydrogen-bond donors (Lipinski definition) is 2. The smallest absolute Gasteiger partial charge is 0.317 e. The topological polar surface area (TPSA) is 69.6 Å². The number of aliphatic carboxylic acids is 1. The number of thiophene rings is 1. The molecule has 0 unspecified atom stereocenters. The molecule has 6 heteroatoms. The summed E-state index contributed by atoms with van der Waals surface area (Å²) in [5, 5.41) is 11.5. The lowest BCUT2D eigenvalue weighted by molar-refractivity contribution is -0.139. The van der Waals surface area contributed by atoms with Crippen LogP contribution in [0.3, 0.4) is 0 Å². The van der Waals surface area contributed by atoms with Crippen molar-refractivity contribution in [3.63, 3.8) is 0 Å². The van der Waals surface area contributed by atoms with Gasteiger partial charge >= 0.3 is 12.0 Å². The lowest BCUT2D eigenvalue weighted by Crippen LogP contribution is -2.54. The van der Waals surface area contributed by atoms with Crippen LogP contribution >= 0.6 is 11.3 Å². The number of carboxylic acid groups (broad SMARTS) is 1. The summed E-state index contributed by atoms with van der Waals surface area (Å²) in [6.07, 6.45) is 0.146. The van der Waals surface area contributed by atoms with E-state index in [2.05, 4.69) is 25.2 Å². The fourth-order valence-corrected chi connectivity index (χ4v) is 3.12. The zero-order chi connectivity index (χ0) is 14.0. The Morgan fingerprint density at radius 1 is 1.47 bits per heavy atom. The SMILES string of the molecule is Cc1cc(CNC(=O)N2CC(CC(=O)O)C2)sc1C. The van der Waals surface area contributed by atoms with Gasteiger partial charge in [-0.15, -0.1) is 11.3 Å². The van der Waals surface area contributed by atoms with Crippen LogP contribution in [0.25, 0.3) is 0 Å². The maximum Gasteiger partial charge on any atom is 0.317 e. The van der Waals surface area contributed by atoms with Crippen molar-refractivity contribution in [1.29, 1.82) is 0 Å². The molecule has 0 aromatic carbocycles. The van der Waals surface area contributed by atoms with E-state index in [1.54, 1.807) is 16.2 Å². The number of carbonyl (C=O) groups excluding carboxylic acids is 1. The minimum Gasteiger partial charge on any atom is -0.481 e. The van der Waals surface area contributed by atoms with E-state index < -0.39 is 5.97 Å². The summed E-state index contributed by atoms with van der Waals surface area (Å²) in [5.74, 6) is -0.691. The minimum atomic E-state index is -0.797. The fraction of sp³-hybridized carbons (Fsp3) is 0.538. The van der Waals surface area contributed by atoms with Gasteiger partial charge in [0.1, 0.15) is 0 Å². The molecule has 0 atom stereocenters. The molecule has 1 aliphatic heterocycles. The van der Waals surface area contributed by atoms with Crippen LogP contribution in [0.1, 0.15) is 21.7 Å². The molecule has 0 aliphatic carbocycles. The molecule has 1 fully saturated rings. The molecule has 1 aromatic heterocycles. The highest BCUT2D eigenvalue weighted by atomic mass is 32.1. The molecule has 0 bridgehead atoms. The lowest BCUT2D eigenvalue weighted by Gasteiger charge is -2.38. The number of urea groups is 1. The van der Waals surface area contributed by atoms with E-state index >= 15 is 0 Å². The molecule has 0 spiro atoms. The zero-order valence-corrected chi connectivity index (χ0v) is 11.9. The normalized spacial score (nSPS) is 15.2. The number of rotatable bonds is 4. The highest BCUT2D eigenvalue weighted by Gasteiger charge is 2.31. The average Bonchev–Trinajstić information content (AvgIpc) is 2.59. The van der Waals surface area contributed by atoms with Crippen molar-refractivity contribution in [3.05, 3.63) is 21.4 Å². The molecular formula is C13H18N2O3S. The first kappa shape index (κ1) is 13.9. The molecule has 2 heterocycles. The van der Waals surface area contributed by atoms with Gasteiger partial charge in [-0.2, -0.15) is 0 Å². The quantitative estimate of drug-likeness (QED) is 0.887. The first-order valence-corrected chi connectivity index (χ1v) is 7.08. The third-order valence-corrected chi connectivity index (χ3v) is 4.49. The van der Waals surface area contributed by atoms with Crippen LogP contribution in [0.2, 0.25) is 0 Å². The van der Waals surface area contributed by atoms with Gasteiger partial charge in [-0.25, -0.2) is 4.79 Å². The zero-order valence-electron chi connectivity index (χ0n) is 11.1. The van der Waals surface area contributed by atoms with Crippen molar-refractivity contribution in [2.75, 3.05) is 13.1 Å². The fourth-order valence-electron chi connectivity index (χ4n) is 2.12. The molecule has 0 radical (unpaired) electrons. The molecule has 2 N–H and O–H groups in total. The summed E-state index contributed by atoms with van der Waals surface area (Å²) in [6.45, 7) is 5.75.